The van der Waals surface area contributed by atoms with Crippen molar-refractivity contribution in [1.29, 1.82) is 0 Å². The Kier molecular flexibility index (Phi) is 2.30. The summed E-state index contributed by atoms with van der Waals surface area (Å²) < 4.78 is 26.2. The predicted molar refractivity (Wildman–Crippen MR) is 47.6 cm³/mol. The maximum atomic E-state index is 13.3. The van der Waals surface area contributed by atoms with E-state index in [1.165, 1.54) is 6.07 Å². The molecular weight excluding hydrogens is 170 g/mol. The molecule has 70 valence electrons. The van der Waals surface area contributed by atoms with E-state index in [2.05, 4.69) is 0 Å². The van der Waals surface area contributed by atoms with Gasteiger partial charge in [0.25, 0.3) is 0 Å². The van der Waals surface area contributed by atoms with Crippen LogP contribution in [-0.4, -0.2) is 0 Å². The Morgan fingerprint density at radius 2 is 1.69 bits per heavy atom. The van der Waals surface area contributed by atoms with Crippen molar-refractivity contribution in [1.82, 2.24) is 0 Å². The summed E-state index contributed by atoms with van der Waals surface area (Å²) in [6, 6.07) is 2.96. The molecule has 0 aromatic heterocycles. The zero-order valence-electron chi connectivity index (χ0n) is 7.45. The van der Waals surface area contributed by atoms with Crippen molar-refractivity contribution in [3.8, 4) is 0 Å². The zero-order valence-corrected chi connectivity index (χ0v) is 7.45. The predicted octanol–water partition coefficient (Wildman–Crippen LogP) is 3.23. The maximum absolute atomic E-state index is 13.3. The molecule has 0 atom stereocenters. The van der Waals surface area contributed by atoms with E-state index in [1.54, 1.807) is 6.07 Å². The van der Waals surface area contributed by atoms with Crippen LogP contribution >= 0.6 is 0 Å². The first-order chi connectivity index (χ1) is 6.29. The van der Waals surface area contributed by atoms with Crippen LogP contribution in [0.15, 0.2) is 12.1 Å². The first-order valence-corrected chi connectivity index (χ1v) is 4.75. The summed E-state index contributed by atoms with van der Waals surface area (Å²) in [7, 11) is 0. The lowest BCUT2D eigenvalue weighted by atomic mass is 10.0. The highest BCUT2D eigenvalue weighted by molar-refractivity contribution is 5.30. The summed E-state index contributed by atoms with van der Waals surface area (Å²) in [5.74, 6) is -1.33. The second kappa shape index (κ2) is 3.44. The van der Waals surface area contributed by atoms with Gasteiger partial charge in [0.1, 0.15) is 0 Å². The molecule has 0 nitrogen and oxygen atoms in total. The Bertz CT molecular complexity index is 318. The lowest BCUT2D eigenvalue weighted by Crippen LogP contribution is -1.98. The number of benzene rings is 1. The number of hydrogen-bond donors (Lipinski definition) is 0. The van der Waals surface area contributed by atoms with Crippen molar-refractivity contribution in [2.75, 3.05) is 0 Å². The first-order valence-electron chi connectivity index (χ1n) is 4.75. The van der Waals surface area contributed by atoms with Crippen LogP contribution in [0.25, 0.3) is 0 Å². The minimum atomic E-state index is -0.708. The highest BCUT2D eigenvalue weighted by Gasteiger charge is 2.14. The van der Waals surface area contributed by atoms with Crippen LogP contribution < -0.4 is 0 Å². The van der Waals surface area contributed by atoms with E-state index in [0.717, 1.165) is 31.2 Å². The Morgan fingerprint density at radius 1 is 0.923 bits per heavy atom. The molecule has 0 N–H and O–H groups in total. The van der Waals surface area contributed by atoms with Gasteiger partial charge < -0.3 is 0 Å². The molecule has 2 rings (SSSR count). The molecule has 0 amide bonds. The molecule has 0 unspecified atom stereocenters. The van der Waals surface area contributed by atoms with Gasteiger partial charge in [-0.2, -0.15) is 0 Å². The van der Waals surface area contributed by atoms with Crippen LogP contribution in [0.2, 0.25) is 0 Å². The fraction of sp³-hybridized carbons (Fsp3) is 0.455. The number of aryl methyl sites for hydroxylation is 1. The molecule has 0 spiro atoms. The monoisotopic (exact) mass is 182 g/mol. The molecule has 0 fully saturated rings. The minimum absolute atomic E-state index is 0.609. The SMILES string of the molecule is Fc1ccc2c(c1F)CCCCC2. The largest absolute Gasteiger partial charge is 0.204 e. The third-order valence-corrected chi connectivity index (χ3v) is 2.67. The van der Waals surface area contributed by atoms with Crippen LogP contribution in [0.1, 0.15) is 30.4 Å². The fourth-order valence-corrected chi connectivity index (χ4v) is 1.93. The van der Waals surface area contributed by atoms with Gasteiger partial charge in [-0.3, -0.25) is 0 Å². The van der Waals surface area contributed by atoms with E-state index >= 15 is 0 Å². The van der Waals surface area contributed by atoms with Crippen molar-refractivity contribution < 1.29 is 8.78 Å². The van der Waals surface area contributed by atoms with Crippen LogP contribution in [0.3, 0.4) is 0 Å². The Balaban J connectivity index is 2.48. The highest BCUT2D eigenvalue weighted by Crippen LogP contribution is 2.24. The lowest BCUT2D eigenvalue weighted by Gasteiger charge is -2.06. The topological polar surface area (TPSA) is 0 Å². The maximum Gasteiger partial charge on any atom is 0.162 e. The van der Waals surface area contributed by atoms with Gasteiger partial charge in [-0.15, -0.1) is 0 Å². The van der Waals surface area contributed by atoms with Crippen molar-refractivity contribution >= 4 is 0 Å². The van der Waals surface area contributed by atoms with Crippen LogP contribution in [-0.2, 0) is 12.8 Å². The van der Waals surface area contributed by atoms with Crippen molar-refractivity contribution in [2.45, 2.75) is 32.1 Å². The third kappa shape index (κ3) is 1.58. The standard InChI is InChI=1S/C11H12F2/c12-10-7-6-8-4-2-1-3-5-9(8)11(10)13/h6-7H,1-5H2. The molecule has 0 heterocycles. The van der Waals surface area contributed by atoms with Gasteiger partial charge in [0.2, 0.25) is 0 Å². The van der Waals surface area contributed by atoms with Gasteiger partial charge in [-0.25, -0.2) is 8.78 Å². The van der Waals surface area contributed by atoms with Crippen LogP contribution in [0.4, 0.5) is 8.78 Å². The zero-order chi connectivity index (χ0) is 9.26. The summed E-state index contributed by atoms with van der Waals surface area (Å²) in [4.78, 5) is 0. The number of fused-ring (bicyclic) bond motifs is 1. The highest BCUT2D eigenvalue weighted by atomic mass is 19.2. The summed E-state index contributed by atoms with van der Waals surface area (Å²) in [5, 5.41) is 0. The van der Waals surface area contributed by atoms with Gasteiger partial charge >= 0.3 is 0 Å². The lowest BCUT2D eigenvalue weighted by molar-refractivity contribution is 0.496. The average Bonchev–Trinajstić information content (AvgIpc) is 2.36. The Labute approximate surface area is 76.6 Å². The van der Waals surface area contributed by atoms with Gasteiger partial charge in [0.05, 0.1) is 0 Å². The van der Waals surface area contributed by atoms with Crippen molar-refractivity contribution in [3.63, 3.8) is 0 Å². The van der Waals surface area contributed by atoms with E-state index in [4.69, 9.17) is 0 Å². The molecule has 0 saturated carbocycles. The molecule has 1 aromatic rings. The van der Waals surface area contributed by atoms with E-state index < -0.39 is 11.6 Å². The normalized spacial score (nSPS) is 16.5. The molecule has 1 aliphatic rings. The Hall–Kier alpha value is -0.920. The first kappa shape index (κ1) is 8.67. The number of hydrogen-bond acceptors (Lipinski definition) is 0. The molecule has 0 saturated heterocycles. The quantitative estimate of drug-likeness (QED) is 0.540. The number of halogens is 2. The molecule has 1 aliphatic carbocycles. The summed E-state index contributed by atoms with van der Waals surface area (Å²) in [6.45, 7) is 0. The third-order valence-electron chi connectivity index (χ3n) is 2.67. The van der Waals surface area contributed by atoms with Crippen molar-refractivity contribution in [3.05, 3.63) is 34.9 Å². The van der Waals surface area contributed by atoms with E-state index in [1.807, 2.05) is 0 Å². The van der Waals surface area contributed by atoms with E-state index in [9.17, 15) is 8.78 Å². The van der Waals surface area contributed by atoms with Crippen LogP contribution in [0, 0.1) is 11.6 Å². The van der Waals surface area contributed by atoms with Gasteiger partial charge in [-0.1, -0.05) is 12.5 Å². The molecule has 2 heteroatoms. The molecule has 0 bridgehead atoms. The Morgan fingerprint density at radius 3 is 2.54 bits per heavy atom. The molecule has 1 aromatic carbocycles. The van der Waals surface area contributed by atoms with Crippen molar-refractivity contribution in [2.24, 2.45) is 0 Å². The van der Waals surface area contributed by atoms with Gasteiger partial charge in [-0.05, 0) is 42.9 Å². The average molecular weight is 182 g/mol. The smallest absolute Gasteiger partial charge is 0.162 e. The number of rotatable bonds is 0. The summed E-state index contributed by atoms with van der Waals surface area (Å²) >= 11 is 0. The fourth-order valence-electron chi connectivity index (χ4n) is 1.93. The van der Waals surface area contributed by atoms with E-state index in [-0.39, 0.29) is 0 Å². The second-order valence-electron chi connectivity index (χ2n) is 3.56. The van der Waals surface area contributed by atoms with Crippen LogP contribution in [0.5, 0.6) is 0 Å². The minimum Gasteiger partial charge on any atom is -0.204 e. The van der Waals surface area contributed by atoms with Gasteiger partial charge in [0, 0.05) is 0 Å². The van der Waals surface area contributed by atoms with Gasteiger partial charge in [0.15, 0.2) is 11.6 Å². The summed E-state index contributed by atoms with van der Waals surface area (Å²) in [6.07, 6.45) is 4.78. The summed E-state index contributed by atoms with van der Waals surface area (Å²) in [5.41, 5.74) is 1.61. The molecule has 0 aliphatic heterocycles. The van der Waals surface area contributed by atoms with E-state index in [0.29, 0.717) is 12.0 Å². The molecular formula is C11H12F2. The molecule has 13 heavy (non-hydrogen) atoms. The second-order valence-corrected chi connectivity index (χ2v) is 3.56. The molecule has 0 radical (unpaired) electrons.